The van der Waals surface area contributed by atoms with Gasteiger partial charge < -0.3 is 11.1 Å². The predicted molar refractivity (Wildman–Crippen MR) is 62.4 cm³/mol. The van der Waals surface area contributed by atoms with E-state index in [1.54, 1.807) is 0 Å². The van der Waals surface area contributed by atoms with Crippen LogP contribution in [0.4, 0.5) is 0 Å². The first-order valence-corrected chi connectivity index (χ1v) is 6.10. The van der Waals surface area contributed by atoms with Gasteiger partial charge in [-0.2, -0.15) is 0 Å². The van der Waals surface area contributed by atoms with Crippen molar-refractivity contribution in [3.05, 3.63) is 0 Å². The van der Waals surface area contributed by atoms with E-state index in [0.29, 0.717) is 12.5 Å². The fourth-order valence-corrected chi connectivity index (χ4v) is 2.06. The average Bonchev–Trinajstić information content (AvgIpc) is 2.77. The van der Waals surface area contributed by atoms with Gasteiger partial charge in [0.15, 0.2) is 0 Å². The first-order chi connectivity index (χ1) is 7.12. The van der Waals surface area contributed by atoms with Crippen LogP contribution in [0.3, 0.4) is 0 Å². The molecule has 0 aliphatic heterocycles. The topological polar surface area (TPSA) is 55.1 Å². The molecule has 15 heavy (non-hydrogen) atoms. The fourth-order valence-electron chi connectivity index (χ4n) is 2.06. The Kier molecular flexibility index (Phi) is 4.58. The van der Waals surface area contributed by atoms with Gasteiger partial charge in [-0.3, -0.25) is 4.79 Å². The highest BCUT2D eigenvalue weighted by atomic mass is 16.2. The zero-order valence-electron chi connectivity index (χ0n) is 10.0. The maximum absolute atomic E-state index is 11.9. The third-order valence-corrected chi connectivity index (χ3v) is 3.81. The predicted octanol–water partition coefficient (Wildman–Crippen LogP) is 1.67. The van der Waals surface area contributed by atoms with Crippen LogP contribution >= 0.6 is 0 Å². The summed E-state index contributed by atoms with van der Waals surface area (Å²) < 4.78 is 0. The van der Waals surface area contributed by atoms with Gasteiger partial charge >= 0.3 is 0 Å². The van der Waals surface area contributed by atoms with Crippen molar-refractivity contribution in [1.29, 1.82) is 0 Å². The van der Waals surface area contributed by atoms with Crippen LogP contribution in [-0.2, 0) is 4.79 Å². The van der Waals surface area contributed by atoms with E-state index < -0.39 is 0 Å². The molecule has 1 rings (SSSR count). The lowest BCUT2D eigenvalue weighted by Gasteiger charge is -2.25. The van der Waals surface area contributed by atoms with Gasteiger partial charge in [-0.25, -0.2) is 0 Å². The first kappa shape index (κ1) is 12.5. The molecule has 3 heteroatoms. The van der Waals surface area contributed by atoms with E-state index in [9.17, 15) is 4.79 Å². The molecule has 0 heterocycles. The van der Waals surface area contributed by atoms with Crippen molar-refractivity contribution < 1.29 is 4.79 Å². The molecule has 0 aromatic rings. The Balaban J connectivity index is 2.33. The summed E-state index contributed by atoms with van der Waals surface area (Å²) in [6, 6.07) is 0. The Morgan fingerprint density at radius 2 is 2.07 bits per heavy atom. The molecule has 0 aromatic heterocycles. The van der Waals surface area contributed by atoms with Crippen LogP contribution in [0.15, 0.2) is 0 Å². The molecule has 3 nitrogen and oxygen atoms in total. The lowest BCUT2D eigenvalue weighted by Crippen LogP contribution is -2.44. The minimum absolute atomic E-state index is 0.124. The summed E-state index contributed by atoms with van der Waals surface area (Å²) >= 11 is 0. The largest absolute Gasteiger partial charge is 0.355 e. The van der Waals surface area contributed by atoms with Crippen LogP contribution in [0.2, 0.25) is 0 Å². The summed E-state index contributed by atoms with van der Waals surface area (Å²) in [4.78, 5) is 11.9. The Labute approximate surface area is 92.8 Å². The number of carbonyl (C=O) groups excluding carboxylic acids is 1. The average molecular weight is 212 g/mol. The number of hydrogen-bond donors (Lipinski definition) is 2. The standard InChI is InChI=1S/C12H24N2O/c1-3-12(2,9-13)11(15)14-8-10-6-4-5-7-10/h10H,3-9,13H2,1-2H3,(H,14,15). The second-order valence-electron chi connectivity index (χ2n) is 4.98. The first-order valence-electron chi connectivity index (χ1n) is 6.10. The monoisotopic (exact) mass is 212 g/mol. The molecule has 1 atom stereocenters. The van der Waals surface area contributed by atoms with E-state index in [-0.39, 0.29) is 11.3 Å². The molecule has 88 valence electrons. The number of amides is 1. The fraction of sp³-hybridized carbons (Fsp3) is 0.917. The van der Waals surface area contributed by atoms with Crippen molar-refractivity contribution in [2.24, 2.45) is 17.1 Å². The van der Waals surface area contributed by atoms with Crippen LogP contribution in [0.5, 0.6) is 0 Å². The zero-order chi connectivity index (χ0) is 11.3. The van der Waals surface area contributed by atoms with Crippen LogP contribution in [-0.4, -0.2) is 19.0 Å². The molecule has 1 aliphatic carbocycles. The molecule has 1 fully saturated rings. The molecule has 0 bridgehead atoms. The zero-order valence-corrected chi connectivity index (χ0v) is 10.0. The van der Waals surface area contributed by atoms with E-state index in [2.05, 4.69) is 5.32 Å². The second kappa shape index (κ2) is 5.50. The lowest BCUT2D eigenvalue weighted by molar-refractivity contribution is -0.130. The summed E-state index contributed by atoms with van der Waals surface area (Å²) in [5, 5.41) is 3.05. The van der Waals surface area contributed by atoms with Crippen molar-refractivity contribution >= 4 is 5.91 Å². The van der Waals surface area contributed by atoms with E-state index >= 15 is 0 Å². The second-order valence-corrected chi connectivity index (χ2v) is 4.98. The van der Waals surface area contributed by atoms with Crippen molar-refractivity contribution in [1.82, 2.24) is 5.32 Å². The van der Waals surface area contributed by atoms with Crippen LogP contribution < -0.4 is 11.1 Å². The minimum Gasteiger partial charge on any atom is -0.355 e. The molecule has 1 unspecified atom stereocenters. The van der Waals surface area contributed by atoms with Crippen LogP contribution in [0.1, 0.15) is 46.0 Å². The number of hydrogen-bond acceptors (Lipinski definition) is 2. The van der Waals surface area contributed by atoms with Crippen LogP contribution in [0.25, 0.3) is 0 Å². The third-order valence-electron chi connectivity index (χ3n) is 3.81. The molecular weight excluding hydrogens is 188 g/mol. The summed E-state index contributed by atoms with van der Waals surface area (Å²) in [6.07, 6.45) is 5.99. The highest BCUT2D eigenvalue weighted by Gasteiger charge is 2.29. The summed E-state index contributed by atoms with van der Waals surface area (Å²) in [6.45, 7) is 5.23. The maximum Gasteiger partial charge on any atom is 0.227 e. The van der Waals surface area contributed by atoms with Gasteiger partial charge in [0, 0.05) is 13.1 Å². The third kappa shape index (κ3) is 3.20. The quantitative estimate of drug-likeness (QED) is 0.728. The molecule has 1 amide bonds. The van der Waals surface area contributed by atoms with Crippen molar-refractivity contribution in [2.45, 2.75) is 46.0 Å². The van der Waals surface area contributed by atoms with Gasteiger partial charge in [0.2, 0.25) is 5.91 Å². The highest BCUT2D eigenvalue weighted by molar-refractivity contribution is 5.82. The van der Waals surface area contributed by atoms with Crippen LogP contribution in [0, 0.1) is 11.3 Å². The Hall–Kier alpha value is -0.570. The van der Waals surface area contributed by atoms with Gasteiger partial charge in [0.25, 0.3) is 0 Å². The lowest BCUT2D eigenvalue weighted by atomic mass is 9.86. The van der Waals surface area contributed by atoms with E-state index in [4.69, 9.17) is 5.73 Å². The molecule has 0 saturated heterocycles. The highest BCUT2D eigenvalue weighted by Crippen LogP contribution is 2.24. The summed E-state index contributed by atoms with van der Waals surface area (Å²) in [7, 11) is 0. The molecule has 1 aliphatic rings. The van der Waals surface area contributed by atoms with Gasteiger partial charge in [-0.1, -0.05) is 19.8 Å². The smallest absolute Gasteiger partial charge is 0.227 e. The summed E-state index contributed by atoms with van der Waals surface area (Å²) in [5.41, 5.74) is 5.26. The number of nitrogens with one attached hydrogen (secondary N) is 1. The van der Waals surface area contributed by atoms with Gasteiger partial charge in [0.05, 0.1) is 5.41 Å². The molecule has 0 radical (unpaired) electrons. The Bertz CT molecular complexity index is 206. The minimum atomic E-state index is -0.376. The normalized spacial score (nSPS) is 21.3. The molecule has 3 N–H and O–H groups in total. The number of nitrogens with two attached hydrogens (primary N) is 1. The number of carbonyl (C=O) groups is 1. The molecule has 1 saturated carbocycles. The maximum atomic E-state index is 11.9. The van der Waals surface area contributed by atoms with E-state index in [1.807, 2.05) is 13.8 Å². The molecule has 0 spiro atoms. The van der Waals surface area contributed by atoms with Crippen molar-refractivity contribution in [3.8, 4) is 0 Å². The van der Waals surface area contributed by atoms with Gasteiger partial charge in [-0.15, -0.1) is 0 Å². The van der Waals surface area contributed by atoms with E-state index in [0.717, 1.165) is 13.0 Å². The molecule has 0 aromatic carbocycles. The van der Waals surface area contributed by atoms with E-state index in [1.165, 1.54) is 25.7 Å². The summed E-state index contributed by atoms with van der Waals surface area (Å²) in [5.74, 6) is 0.826. The Morgan fingerprint density at radius 1 is 1.47 bits per heavy atom. The van der Waals surface area contributed by atoms with Gasteiger partial charge in [0.1, 0.15) is 0 Å². The number of rotatable bonds is 5. The Morgan fingerprint density at radius 3 is 2.53 bits per heavy atom. The van der Waals surface area contributed by atoms with Crippen molar-refractivity contribution in [3.63, 3.8) is 0 Å². The van der Waals surface area contributed by atoms with Crippen molar-refractivity contribution in [2.75, 3.05) is 13.1 Å². The SMILES string of the molecule is CCC(C)(CN)C(=O)NCC1CCCC1. The molecular formula is C12H24N2O. The van der Waals surface area contributed by atoms with Gasteiger partial charge in [-0.05, 0) is 32.1 Å².